The lowest BCUT2D eigenvalue weighted by Gasteiger charge is -2.36. The summed E-state index contributed by atoms with van der Waals surface area (Å²) in [5, 5.41) is 13.0. The van der Waals surface area contributed by atoms with Gasteiger partial charge in [0.25, 0.3) is 0 Å². The smallest absolute Gasteiger partial charge is 0.161 e. The van der Waals surface area contributed by atoms with Gasteiger partial charge in [0.1, 0.15) is 0 Å². The van der Waals surface area contributed by atoms with Crippen molar-refractivity contribution in [3.05, 3.63) is 18.2 Å². The minimum Gasteiger partial charge on any atom is -0.396 e. The number of sulfone groups is 1. The van der Waals surface area contributed by atoms with Crippen molar-refractivity contribution in [1.82, 2.24) is 9.78 Å². The van der Waals surface area contributed by atoms with Crippen molar-refractivity contribution in [2.24, 2.45) is 0 Å². The molecule has 1 N–H and O–H groups in total. The van der Waals surface area contributed by atoms with Gasteiger partial charge in [-0.25, -0.2) is 12.8 Å². The number of aliphatic hydroxyl groups is 1. The molecule has 0 atom stereocenters. The van der Waals surface area contributed by atoms with E-state index in [-0.39, 0.29) is 18.1 Å². The molecule has 1 aliphatic heterocycles. The molecule has 0 spiro atoms. The van der Waals surface area contributed by atoms with Crippen LogP contribution in [0.25, 0.3) is 0 Å². The number of hydrogen-bond donors (Lipinski definition) is 1. The average molecular weight is 262 g/mol. The van der Waals surface area contributed by atoms with E-state index in [1.807, 2.05) is 0 Å². The van der Waals surface area contributed by atoms with Crippen molar-refractivity contribution in [2.45, 2.75) is 24.8 Å². The molecule has 0 unspecified atom stereocenters. The van der Waals surface area contributed by atoms with Crippen molar-refractivity contribution in [2.75, 3.05) is 18.1 Å². The van der Waals surface area contributed by atoms with E-state index in [1.165, 1.54) is 10.9 Å². The highest BCUT2D eigenvalue weighted by Gasteiger charge is 2.39. The Balaban J connectivity index is 2.28. The number of halogens is 1. The van der Waals surface area contributed by atoms with E-state index in [9.17, 15) is 12.8 Å². The molecule has 0 bridgehead atoms. The van der Waals surface area contributed by atoms with Crippen LogP contribution in [0.3, 0.4) is 0 Å². The van der Waals surface area contributed by atoms with E-state index < -0.39 is 21.2 Å². The van der Waals surface area contributed by atoms with Gasteiger partial charge in [0.05, 0.1) is 29.4 Å². The normalized spacial score (nSPS) is 22.5. The van der Waals surface area contributed by atoms with Gasteiger partial charge in [0.15, 0.2) is 15.7 Å². The van der Waals surface area contributed by atoms with Gasteiger partial charge in [-0.05, 0) is 19.3 Å². The van der Waals surface area contributed by atoms with Gasteiger partial charge in [0.2, 0.25) is 0 Å². The van der Waals surface area contributed by atoms with Crippen LogP contribution in [0, 0.1) is 5.82 Å². The standard InChI is InChI=1S/C10H15FN2O3S/c11-9-7-12-13(8-9)10(1-4-14)2-5-17(15,16)6-3-10/h7-8,14H,1-6H2. The third-order valence-corrected chi connectivity index (χ3v) is 5.02. The summed E-state index contributed by atoms with van der Waals surface area (Å²) in [5.41, 5.74) is -0.565. The van der Waals surface area contributed by atoms with Crippen LogP contribution < -0.4 is 0 Å². The van der Waals surface area contributed by atoms with E-state index in [0.717, 1.165) is 6.20 Å². The quantitative estimate of drug-likeness (QED) is 0.851. The SMILES string of the molecule is O=S1(=O)CCC(CCO)(n2cc(F)cn2)CC1. The van der Waals surface area contributed by atoms with Crippen molar-refractivity contribution in [1.29, 1.82) is 0 Å². The highest BCUT2D eigenvalue weighted by Crippen LogP contribution is 2.33. The van der Waals surface area contributed by atoms with Crippen LogP contribution in [0.1, 0.15) is 19.3 Å². The molecule has 0 aromatic carbocycles. The molecule has 17 heavy (non-hydrogen) atoms. The Hall–Kier alpha value is -0.950. The van der Waals surface area contributed by atoms with Crippen molar-refractivity contribution >= 4 is 9.84 Å². The summed E-state index contributed by atoms with van der Waals surface area (Å²) in [4.78, 5) is 0. The second kappa shape index (κ2) is 4.38. The number of aliphatic hydroxyl groups excluding tert-OH is 1. The van der Waals surface area contributed by atoms with Crippen LogP contribution in [0.4, 0.5) is 4.39 Å². The molecule has 2 heterocycles. The number of nitrogens with zero attached hydrogens (tertiary/aromatic N) is 2. The molecular formula is C10H15FN2O3S. The predicted molar refractivity (Wildman–Crippen MR) is 59.7 cm³/mol. The first-order valence-electron chi connectivity index (χ1n) is 5.49. The van der Waals surface area contributed by atoms with Gasteiger partial charge in [-0.15, -0.1) is 0 Å². The number of hydrogen-bond acceptors (Lipinski definition) is 4. The zero-order valence-corrected chi connectivity index (χ0v) is 10.2. The molecule has 1 fully saturated rings. The van der Waals surface area contributed by atoms with Gasteiger partial charge in [-0.1, -0.05) is 0 Å². The lowest BCUT2D eigenvalue weighted by molar-refractivity contribution is 0.155. The Bertz CT molecular complexity index is 483. The van der Waals surface area contributed by atoms with E-state index in [1.54, 1.807) is 0 Å². The Labute approximate surface area is 99.2 Å². The lowest BCUT2D eigenvalue weighted by Crippen LogP contribution is -2.43. The molecule has 7 heteroatoms. The Morgan fingerprint density at radius 1 is 1.47 bits per heavy atom. The maximum atomic E-state index is 13.0. The topological polar surface area (TPSA) is 72.2 Å². The van der Waals surface area contributed by atoms with Gasteiger partial charge in [-0.3, -0.25) is 4.68 Å². The Morgan fingerprint density at radius 2 is 2.12 bits per heavy atom. The van der Waals surface area contributed by atoms with Crippen molar-refractivity contribution in [3.8, 4) is 0 Å². The van der Waals surface area contributed by atoms with Crippen LogP contribution in [0.2, 0.25) is 0 Å². The first kappa shape index (κ1) is 12.5. The summed E-state index contributed by atoms with van der Waals surface area (Å²) in [6.45, 7) is -0.0679. The predicted octanol–water partition coefficient (Wildman–Crippen LogP) is 0.309. The molecule has 1 aliphatic rings. The average Bonchev–Trinajstić information content (AvgIpc) is 2.69. The van der Waals surface area contributed by atoms with Crippen LogP contribution in [-0.2, 0) is 15.4 Å². The first-order chi connectivity index (χ1) is 7.97. The third-order valence-electron chi connectivity index (χ3n) is 3.37. The third kappa shape index (κ3) is 2.50. The summed E-state index contributed by atoms with van der Waals surface area (Å²) in [6.07, 6.45) is 3.49. The molecule has 2 rings (SSSR count). The van der Waals surface area contributed by atoms with Crippen LogP contribution in [0.15, 0.2) is 12.4 Å². The molecule has 5 nitrogen and oxygen atoms in total. The molecule has 96 valence electrons. The fourth-order valence-corrected chi connectivity index (χ4v) is 3.87. The summed E-state index contributed by atoms with van der Waals surface area (Å²) in [7, 11) is -2.99. The van der Waals surface area contributed by atoms with Crippen molar-refractivity contribution < 1.29 is 17.9 Å². The van der Waals surface area contributed by atoms with Crippen LogP contribution in [0.5, 0.6) is 0 Å². The number of rotatable bonds is 3. The van der Waals surface area contributed by atoms with E-state index in [0.29, 0.717) is 19.3 Å². The monoisotopic (exact) mass is 262 g/mol. The van der Waals surface area contributed by atoms with E-state index in [2.05, 4.69) is 5.10 Å². The minimum atomic E-state index is -2.99. The zero-order valence-electron chi connectivity index (χ0n) is 9.34. The van der Waals surface area contributed by atoms with E-state index >= 15 is 0 Å². The van der Waals surface area contributed by atoms with Gasteiger partial charge in [0, 0.05) is 6.61 Å². The summed E-state index contributed by atoms with van der Waals surface area (Å²) in [6, 6.07) is 0. The largest absolute Gasteiger partial charge is 0.396 e. The Morgan fingerprint density at radius 3 is 2.59 bits per heavy atom. The van der Waals surface area contributed by atoms with Crippen molar-refractivity contribution in [3.63, 3.8) is 0 Å². The molecule has 0 saturated carbocycles. The molecule has 1 saturated heterocycles. The lowest BCUT2D eigenvalue weighted by atomic mass is 9.89. The molecular weight excluding hydrogens is 247 g/mol. The van der Waals surface area contributed by atoms with Gasteiger partial charge < -0.3 is 5.11 Å². The molecule has 1 aromatic rings. The minimum absolute atomic E-state index is 0.0640. The fraction of sp³-hybridized carbons (Fsp3) is 0.700. The zero-order chi connectivity index (χ0) is 12.5. The molecule has 0 radical (unpaired) electrons. The van der Waals surface area contributed by atoms with Gasteiger partial charge >= 0.3 is 0 Å². The van der Waals surface area contributed by atoms with Crippen LogP contribution >= 0.6 is 0 Å². The molecule has 1 aromatic heterocycles. The Kier molecular flexibility index (Phi) is 3.22. The van der Waals surface area contributed by atoms with Gasteiger partial charge in [-0.2, -0.15) is 5.10 Å². The molecule has 0 amide bonds. The highest BCUT2D eigenvalue weighted by molar-refractivity contribution is 7.91. The highest BCUT2D eigenvalue weighted by atomic mass is 32.2. The maximum Gasteiger partial charge on any atom is 0.161 e. The fourth-order valence-electron chi connectivity index (χ4n) is 2.28. The molecule has 0 aliphatic carbocycles. The summed E-state index contributed by atoms with van der Waals surface area (Å²) >= 11 is 0. The number of aromatic nitrogens is 2. The second-order valence-corrected chi connectivity index (χ2v) is 6.76. The van der Waals surface area contributed by atoms with Crippen LogP contribution in [-0.4, -0.2) is 41.4 Å². The first-order valence-corrected chi connectivity index (χ1v) is 7.32. The summed E-state index contributed by atoms with van der Waals surface area (Å²) < 4.78 is 37.3. The maximum absolute atomic E-state index is 13.0. The second-order valence-electron chi connectivity index (χ2n) is 4.45. The summed E-state index contributed by atoms with van der Waals surface area (Å²) in [5.74, 6) is -0.320. The van der Waals surface area contributed by atoms with E-state index in [4.69, 9.17) is 5.11 Å².